The molecule has 1 fully saturated rings. The van der Waals surface area contributed by atoms with Crippen LogP contribution in [0.1, 0.15) is 36.0 Å². The number of anilines is 2. The molecule has 0 saturated heterocycles. The Labute approximate surface area is 131 Å². The Bertz CT molecular complexity index is 569. The maximum absolute atomic E-state index is 12.6. The van der Waals surface area contributed by atoms with E-state index in [9.17, 15) is 18.0 Å². The van der Waals surface area contributed by atoms with Crippen LogP contribution >= 0.6 is 11.6 Å². The summed E-state index contributed by atoms with van der Waals surface area (Å²) in [5.74, 6) is -1.73. The van der Waals surface area contributed by atoms with E-state index in [2.05, 4.69) is 5.32 Å². The summed E-state index contributed by atoms with van der Waals surface area (Å²) in [7, 11) is 0. The number of hydrogen-bond donors (Lipinski definition) is 3. The van der Waals surface area contributed by atoms with Crippen LogP contribution < -0.4 is 16.8 Å². The van der Waals surface area contributed by atoms with Gasteiger partial charge in [-0.25, -0.2) is 0 Å². The van der Waals surface area contributed by atoms with Crippen LogP contribution in [0.5, 0.6) is 0 Å². The number of rotatable bonds is 2. The molecule has 0 radical (unpaired) electrons. The average molecular weight is 336 g/mol. The van der Waals surface area contributed by atoms with Crippen molar-refractivity contribution in [2.45, 2.75) is 37.9 Å². The van der Waals surface area contributed by atoms with Crippen LogP contribution in [-0.4, -0.2) is 18.1 Å². The highest BCUT2D eigenvalue weighted by atomic mass is 35.5. The predicted octanol–water partition coefficient (Wildman–Crippen LogP) is 3.36. The Hall–Kier alpha value is -1.63. The molecule has 22 heavy (non-hydrogen) atoms. The lowest BCUT2D eigenvalue weighted by molar-refractivity contribution is -0.182. The standard InChI is InChI=1S/C14H17ClF3N3O/c15-10-6-12(20)11(19)5-9(10)13(22)21-8-3-1-7(2-4-8)14(16,17)18/h5-8H,1-4,19-20H2,(H,21,22)/t7-,8-. The van der Waals surface area contributed by atoms with E-state index >= 15 is 0 Å². The Morgan fingerprint density at radius 2 is 1.68 bits per heavy atom. The van der Waals surface area contributed by atoms with Gasteiger partial charge in [0.2, 0.25) is 0 Å². The van der Waals surface area contributed by atoms with Gasteiger partial charge in [0.15, 0.2) is 0 Å². The summed E-state index contributed by atoms with van der Waals surface area (Å²) in [6.07, 6.45) is -3.54. The van der Waals surface area contributed by atoms with E-state index in [1.165, 1.54) is 12.1 Å². The first-order valence-corrected chi connectivity index (χ1v) is 7.28. The van der Waals surface area contributed by atoms with Crippen molar-refractivity contribution < 1.29 is 18.0 Å². The van der Waals surface area contributed by atoms with Gasteiger partial charge in [-0.05, 0) is 37.8 Å². The fourth-order valence-corrected chi connectivity index (χ4v) is 2.87. The second-order valence-electron chi connectivity index (χ2n) is 5.52. The molecule has 0 aromatic heterocycles. The molecule has 0 bridgehead atoms. The van der Waals surface area contributed by atoms with Crippen molar-refractivity contribution in [2.75, 3.05) is 11.5 Å². The molecule has 1 amide bonds. The SMILES string of the molecule is Nc1cc(Cl)c(C(=O)N[C@H]2CC[C@H](C(F)(F)F)CC2)cc1N. The number of halogens is 4. The molecule has 0 atom stereocenters. The summed E-state index contributed by atoms with van der Waals surface area (Å²) in [6, 6.07) is 2.46. The van der Waals surface area contributed by atoms with E-state index in [-0.39, 0.29) is 53.7 Å². The summed E-state index contributed by atoms with van der Waals surface area (Å²) in [4.78, 5) is 12.2. The third-order valence-corrected chi connectivity index (χ3v) is 4.26. The predicted molar refractivity (Wildman–Crippen MR) is 79.5 cm³/mol. The number of nitrogens with one attached hydrogen (secondary N) is 1. The second kappa shape index (κ2) is 6.24. The van der Waals surface area contributed by atoms with Gasteiger partial charge in [-0.2, -0.15) is 13.2 Å². The van der Waals surface area contributed by atoms with Gasteiger partial charge in [-0.15, -0.1) is 0 Å². The molecule has 1 saturated carbocycles. The van der Waals surface area contributed by atoms with Gasteiger partial charge in [0.05, 0.1) is 27.9 Å². The topological polar surface area (TPSA) is 81.1 Å². The van der Waals surface area contributed by atoms with Crippen LogP contribution in [-0.2, 0) is 0 Å². The lowest BCUT2D eigenvalue weighted by Crippen LogP contribution is -2.40. The molecule has 5 N–H and O–H groups in total. The van der Waals surface area contributed by atoms with Gasteiger partial charge in [0.25, 0.3) is 5.91 Å². The summed E-state index contributed by atoms with van der Waals surface area (Å²) in [6.45, 7) is 0. The molecule has 1 aliphatic carbocycles. The number of hydrogen-bond acceptors (Lipinski definition) is 3. The Morgan fingerprint density at radius 1 is 1.14 bits per heavy atom. The lowest BCUT2D eigenvalue weighted by atomic mass is 9.85. The van der Waals surface area contributed by atoms with Crippen molar-refractivity contribution in [3.63, 3.8) is 0 Å². The van der Waals surface area contributed by atoms with Crippen molar-refractivity contribution in [2.24, 2.45) is 5.92 Å². The van der Waals surface area contributed by atoms with Crippen LogP contribution in [0.2, 0.25) is 5.02 Å². The molecular formula is C14H17ClF3N3O. The second-order valence-corrected chi connectivity index (χ2v) is 5.93. The smallest absolute Gasteiger partial charge is 0.391 e. The Morgan fingerprint density at radius 3 is 2.23 bits per heavy atom. The molecule has 4 nitrogen and oxygen atoms in total. The van der Waals surface area contributed by atoms with Gasteiger partial charge < -0.3 is 16.8 Å². The van der Waals surface area contributed by atoms with E-state index < -0.39 is 18.0 Å². The van der Waals surface area contributed by atoms with E-state index in [1.807, 2.05) is 0 Å². The molecule has 0 unspecified atom stereocenters. The summed E-state index contributed by atoms with van der Waals surface area (Å²) >= 11 is 5.95. The number of amides is 1. The van der Waals surface area contributed by atoms with Crippen molar-refractivity contribution in [3.05, 3.63) is 22.7 Å². The molecule has 0 heterocycles. The molecule has 2 rings (SSSR count). The number of nitrogens with two attached hydrogens (primary N) is 2. The first-order chi connectivity index (χ1) is 10.2. The summed E-state index contributed by atoms with van der Waals surface area (Å²) < 4.78 is 37.8. The van der Waals surface area contributed by atoms with Crippen LogP contribution in [0.25, 0.3) is 0 Å². The average Bonchev–Trinajstić information content (AvgIpc) is 2.42. The monoisotopic (exact) mass is 335 g/mol. The van der Waals surface area contributed by atoms with Crippen LogP contribution in [0.15, 0.2) is 12.1 Å². The largest absolute Gasteiger partial charge is 0.397 e. The quantitative estimate of drug-likeness (QED) is 0.725. The third kappa shape index (κ3) is 3.76. The van der Waals surface area contributed by atoms with E-state index in [0.29, 0.717) is 0 Å². The van der Waals surface area contributed by atoms with Crippen molar-refractivity contribution in [3.8, 4) is 0 Å². The van der Waals surface area contributed by atoms with E-state index in [0.717, 1.165) is 0 Å². The van der Waals surface area contributed by atoms with Gasteiger partial charge in [-0.3, -0.25) is 4.79 Å². The third-order valence-electron chi connectivity index (χ3n) is 3.94. The van der Waals surface area contributed by atoms with E-state index in [4.69, 9.17) is 23.1 Å². The Balaban J connectivity index is 1.98. The number of carbonyl (C=O) groups is 1. The minimum Gasteiger partial charge on any atom is -0.397 e. The molecule has 1 aliphatic rings. The molecule has 0 spiro atoms. The van der Waals surface area contributed by atoms with Crippen molar-refractivity contribution >= 4 is 28.9 Å². The highest BCUT2D eigenvalue weighted by molar-refractivity contribution is 6.34. The molecule has 1 aromatic rings. The van der Waals surface area contributed by atoms with Gasteiger partial charge >= 0.3 is 6.18 Å². The Kier molecular flexibility index (Phi) is 4.75. The first-order valence-electron chi connectivity index (χ1n) is 6.90. The highest BCUT2D eigenvalue weighted by Crippen LogP contribution is 2.37. The minimum absolute atomic E-state index is 0.0199. The lowest BCUT2D eigenvalue weighted by Gasteiger charge is -2.30. The van der Waals surface area contributed by atoms with Crippen LogP contribution in [0, 0.1) is 5.92 Å². The number of alkyl halides is 3. The number of carbonyl (C=O) groups excluding carboxylic acids is 1. The normalized spacial score (nSPS) is 22.4. The number of benzene rings is 1. The maximum Gasteiger partial charge on any atom is 0.391 e. The van der Waals surface area contributed by atoms with Gasteiger partial charge in [0.1, 0.15) is 0 Å². The maximum atomic E-state index is 12.6. The molecule has 8 heteroatoms. The number of nitrogen functional groups attached to an aromatic ring is 2. The molecule has 1 aromatic carbocycles. The molecule has 122 valence electrons. The van der Waals surface area contributed by atoms with Crippen molar-refractivity contribution in [1.82, 2.24) is 5.32 Å². The molecular weight excluding hydrogens is 319 g/mol. The van der Waals surface area contributed by atoms with Gasteiger partial charge in [-0.1, -0.05) is 11.6 Å². The summed E-state index contributed by atoms with van der Waals surface area (Å²) in [5.41, 5.74) is 11.9. The zero-order chi connectivity index (χ0) is 16.5. The van der Waals surface area contributed by atoms with E-state index in [1.54, 1.807) is 0 Å². The minimum atomic E-state index is -4.16. The zero-order valence-electron chi connectivity index (χ0n) is 11.7. The zero-order valence-corrected chi connectivity index (χ0v) is 12.5. The highest BCUT2D eigenvalue weighted by Gasteiger charge is 2.41. The first kappa shape index (κ1) is 16.7. The fourth-order valence-electron chi connectivity index (χ4n) is 2.61. The molecule has 0 aliphatic heterocycles. The fraction of sp³-hybridized carbons (Fsp3) is 0.500. The van der Waals surface area contributed by atoms with Crippen LogP contribution in [0.3, 0.4) is 0 Å². The van der Waals surface area contributed by atoms with Crippen molar-refractivity contribution in [1.29, 1.82) is 0 Å². The summed E-state index contributed by atoms with van der Waals surface area (Å²) in [5, 5.41) is 2.87. The van der Waals surface area contributed by atoms with Crippen LogP contribution in [0.4, 0.5) is 24.5 Å². The van der Waals surface area contributed by atoms with Gasteiger partial charge in [0, 0.05) is 6.04 Å².